The molecule has 1 amide bonds. The Morgan fingerprint density at radius 1 is 1.24 bits per heavy atom. The van der Waals surface area contributed by atoms with E-state index in [0.29, 0.717) is 22.8 Å². The summed E-state index contributed by atoms with van der Waals surface area (Å²) < 4.78 is 1.78. The Bertz CT molecular complexity index is 665. The van der Waals surface area contributed by atoms with Crippen molar-refractivity contribution in [3.8, 4) is 11.3 Å². The van der Waals surface area contributed by atoms with Crippen molar-refractivity contribution in [3.05, 3.63) is 29.8 Å². The van der Waals surface area contributed by atoms with Crippen molar-refractivity contribution in [1.29, 1.82) is 0 Å². The summed E-state index contributed by atoms with van der Waals surface area (Å²) in [4.78, 5) is 11.9. The van der Waals surface area contributed by atoms with Crippen molar-refractivity contribution in [2.45, 2.75) is 26.3 Å². The summed E-state index contributed by atoms with van der Waals surface area (Å²) in [6.45, 7) is 6.04. The molecule has 2 aromatic rings. The fraction of sp³-hybridized carbons (Fsp3) is 0.333. The third-order valence-corrected chi connectivity index (χ3v) is 3.19. The molecule has 2 rings (SSSR count). The molecule has 0 fully saturated rings. The lowest BCUT2D eigenvalue weighted by atomic mass is 10.1. The van der Waals surface area contributed by atoms with Gasteiger partial charge in [0, 0.05) is 18.3 Å². The number of carbonyl (C=O) groups excluding carboxylic acids is 1. The standard InChI is InChI=1S/C15H21N5O/c1-15(2,3)20-14(18-4)11(13(17)21)12(19-20)9-5-7-10(16)8-6-9/h5-8,18H,16H2,1-4H3,(H2,17,21). The fourth-order valence-electron chi connectivity index (χ4n) is 2.21. The number of anilines is 2. The lowest BCUT2D eigenvalue weighted by molar-refractivity contribution is 0.100. The van der Waals surface area contributed by atoms with Gasteiger partial charge in [0.1, 0.15) is 17.1 Å². The predicted octanol–water partition coefficient (Wildman–Crippen LogP) is 2.03. The quantitative estimate of drug-likeness (QED) is 0.752. The molecule has 1 heterocycles. The van der Waals surface area contributed by atoms with Gasteiger partial charge in [-0.05, 0) is 32.9 Å². The molecule has 5 N–H and O–H groups in total. The average Bonchev–Trinajstić information content (AvgIpc) is 2.79. The molecule has 6 heteroatoms. The van der Waals surface area contributed by atoms with Crippen molar-refractivity contribution in [3.63, 3.8) is 0 Å². The maximum Gasteiger partial charge on any atom is 0.254 e. The van der Waals surface area contributed by atoms with Crippen molar-refractivity contribution >= 4 is 17.4 Å². The van der Waals surface area contributed by atoms with Gasteiger partial charge in [-0.25, -0.2) is 4.68 Å². The monoisotopic (exact) mass is 287 g/mol. The van der Waals surface area contributed by atoms with Crippen LogP contribution in [0.15, 0.2) is 24.3 Å². The van der Waals surface area contributed by atoms with Crippen LogP contribution in [0.1, 0.15) is 31.1 Å². The third-order valence-electron chi connectivity index (χ3n) is 3.19. The first-order chi connectivity index (χ1) is 9.75. The van der Waals surface area contributed by atoms with Crippen LogP contribution in [0.3, 0.4) is 0 Å². The Hall–Kier alpha value is -2.50. The van der Waals surface area contributed by atoms with E-state index in [-0.39, 0.29) is 5.54 Å². The summed E-state index contributed by atoms with van der Waals surface area (Å²) in [6, 6.07) is 7.21. The number of aromatic nitrogens is 2. The van der Waals surface area contributed by atoms with Crippen LogP contribution in [0.2, 0.25) is 0 Å². The minimum Gasteiger partial charge on any atom is -0.399 e. The van der Waals surface area contributed by atoms with Gasteiger partial charge in [-0.2, -0.15) is 5.10 Å². The summed E-state index contributed by atoms with van der Waals surface area (Å²) in [5.41, 5.74) is 13.4. The van der Waals surface area contributed by atoms with Gasteiger partial charge in [0.05, 0.1) is 5.54 Å². The zero-order chi connectivity index (χ0) is 15.8. The molecule has 0 atom stereocenters. The second kappa shape index (κ2) is 5.12. The van der Waals surface area contributed by atoms with Crippen LogP contribution >= 0.6 is 0 Å². The zero-order valence-electron chi connectivity index (χ0n) is 12.8. The van der Waals surface area contributed by atoms with Crippen LogP contribution in [0, 0.1) is 0 Å². The van der Waals surface area contributed by atoms with Crippen molar-refractivity contribution < 1.29 is 4.79 Å². The lowest BCUT2D eigenvalue weighted by Gasteiger charge is -2.22. The maximum atomic E-state index is 11.9. The van der Waals surface area contributed by atoms with Crippen LogP contribution in [-0.4, -0.2) is 22.7 Å². The fourth-order valence-corrected chi connectivity index (χ4v) is 2.21. The Kier molecular flexibility index (Phi) is 3.63. The highest BCUT2D eigenvalue weighted by atomic mass is 16.1. The van der Waals surface area contributed by atoms with E-state index in [1.54, 1.807) is 23.9 Å². The summed E-state index contributed by atoms with van der Waals surface area (Å²) in [7, 11) is 1.75. The molecule has 0 aliphatic rings. The van der Waals surface area contributed by atoms with E-state index in [2.05, 4.69) is 10.4 Å². The Balaban J connectivity index is 2.73. The highest BCUT2D eigenvalue weighted by molar-refractivity contribution is 6.03. The van der Waals surface area contributed by atoms with Crippen LogP contribution in [0.4, 0.5) is 11.5 Å². The first kappa shape index (κ1) is 14.9. The minimum absolute atomic E-state index is 0.283. The van der Waals surface area contributed by atoms with E-state index >= 15 is 0 Å². The van der Waals surface area contributed by atoms with E-state index in [9.17, 15) is 4.79 Å². The molecule has 0 spiro atoms. The van der Waals surface area contributed by atoms with Gasteiger partial charge in [0.25, 0.3) is 5.91 Å². The van der Waals surface area contributed by atoms with Gasteiger partial charge in [0.15, 0.2) is 0 Å². The Labute approximate surface area is 124 Å². The lowest BCUT2D eigenvalue weighted by Crippen LogP contribution is -2.25. The van der Waals surface area contributed by atoms with Gasteiger partial charge in [-0.3, -0.25) is 4.79 Å². The molecule has 0 radical (unpaired) electrons. The van der Waals surface area contributed by atoms with Crippen molar-refractivity contribution in [2.24, 2.45) is 5.73 Å². The van der Waals surface area contributed by atoms with Gasteiger partial charge in [0.2, 0.25) is 0 Å². The number of hydrogen-bond donors (Lipinski definition) is 3. The molecule has 0 bridgehead atoms. The second-order valence-corrected chi connectivity index (χ2v) is 5.89. The number of benzene rings is 1. The zero-order valence-corrected chi connectivity index (χ0v) is 12.8. The van der Waals surface area contributed by atoms with Gasteiger partial charge >= 0.3 is 0 Å². The third kappa shape index (κ3) is 2.69. The number of nitrogens with two attached hydrogens (primary N) is 2. The summed E-state index contributed by atoms with van der Waals surface area (Å²) in [5, 5.41) is 7.61. The molecule has 0 aliphatic carbocycles. The van der Waals surface area contributed by atoms with E-state index in [4.69, 9.17) is 11.5 Å². The highest BCUT2D eigenvalue weighted by Gasteiger charge is 2.27. The molecule has 112 valence electrons. The normalized spacial score (nSPS) is 11.4. The first-order valence-electron chi connectivity index (χ1n) is 6.72. The molecule has 0 unspecified atom stereocenters. The van der Waals surface area contributed by atoms with Crippen molar-refractivity contribution in [1.82, 2.24) is 9.78 Å². The van der Waals surface area contributed by atoms with E-state index in [0.717, 1.165) is 5.56 Å². The topological polar surface area (TPSA) is 99.0 Å². The van der Waals surface area contributed by atoms with Gasteiger partial charge in [-0.15, -0.1) is 0 Å². The number of nitrogens with zero attached hydrogens (tertiary/aromatic N) is 2. The Morgan fingerprint density at radius 3 is 2.24 bits per heavy atom. The van der Waals surface area contributed by atoms with E-state index in [1.165, 1.54) is 0 Å². The first-order valence-corrected chi connectivity index (χ1v) is 6.72. The van der Waals surface area contributed by atoms with E-state index in [1.807, 2.05) is 32.9 Å². The Morgan fingerprint density at radius 2 is 1.81 bits per heavy atom. The second-order valence-electron chi connectivity index (χ2n) is 5.89. The number of nitrogens with one attached hydrogen (secondary N) is 1. The SMILES string of the molecule is CNc1c(C(N)=O)c(-c2ccc(N)cc2)nn1C(C)(C)C. The van der Waals surface area contributed by atoms with Gasteiger partial charge < -0.3 is 16.8 Å². The molecular weight excluding hydrogens is 266 g/mol. The number of carbonyl (C=O) groups is 1. The predicted molar refractivity (Wildman–Crippen MR) is 85.1 cm³/mol. The van der Waals surface area contributed by atoms with Crippen LogP contribution in [0.25, 0.3) is 11.3 Å². The summed E-state index contributed by atoms with van der Waals surface area (Å²) in [5.74, 6) is 0.100. The molecule has 0 aliphatic heterocycles. The molecule has 1 aromatic carbocycles. The molecule has 0 saturated carbocycles. The molecule has 21 heavy (non-hydrogen) atoms. The minimum atomic E-state index is -0.512. The maximum absolute atomic E-state index is 11.9. The molecular formula is C15H21N5O. The number of rotatable bonds is 3. The van der Waals surface area contributed by atoms with Gasteiger partial charge in [-0.1, -0.05) is 12.1 Å². The molecule has 1 aromatic heterocycles. The smallest absolute Gasteiger partial charge is 0.254 e. The number of amides is 1. The summed E-state index contributed by atoms with van der Waals surface area (Å²) >= 11 is 0. The average molecular weight is 287 g/mol. The van der Waals surface area contributed by atoms with E-state index < -0.39 is 5.91 Å². The molecule has 0 saturated heterocycles. The molecule has 6 nitrogen and oxygen atoms in total. The number of hydrogen-bond acceptors (Lipinski definition) is 4. The number of nitrogen functional groups attached to an aromatic ring is 1. The largest absolute Gasteiger partial charge is 0.399 e. The highest BCUT2D eigenvalue weighted by Crippen LogP contribution is 2.32. The van der Waals surface area contributed by atoms with Crippen LogP contribution in [0.5, 0.6) is 0 Å². The van der Waals surface area contributed by atoms with Crippen LogP contribution in [-0.2, 0) is 5.54 Å². The van der Waals surface area contributed by atoms with Crippen LogP contribution < -0.4 is 16.8 Å². The van der Waals surface area contributed by atoms with Crippen molar-refractivity contribution in [2.75, 3.05) is 18.1 Å². The number of primary amides is 1. The summed E-state index contributed by atoms with van der Waals surface area (Å²) in [6.07, 6.45) is 0.